The fraction of sp³-hybridized carbons (Fsp3) is 0.133. The predicted octanol–water partition coefficient (Wildman–Crippen LogP) is 3.84. The van der Waals surface area contributed by atoms with Gasteiger partial charge >= 0.3 is 0 Å². The first-order chi connectivity index (χ1) is 9.72. The van der Waals surface area contributed by atoms with Gasteiger partial charge in [0.2, 0.25) is 0 Å². The molecule has 0 unspecified atom stereocenters. The third kappa shape index (κ3) is 3.74. The molecule has 0 atom stereocenters. The summed E-state index contributed by atoms with van der Waals surface area (Å²) in [7, 11) is 1.59. The van der Waals surface area contributed by atoms with Crippen molar-refractivity contribution in [3.05, 3.63) is 58.1 Å². The highest BCUT2D eigenvalue weighted by Gasteiger charge is 2.05. The molecule has 20 heavy (non-hydrogen) atoms. The lowest BCUT2D eigenvalue weighted by atomic mass is 10.2. The molecule has 1 N–H and O–H groups in total. The van der Waals surface area contributed by atoms with E-state index in [1.165, 1.54) is 6.21 Å². The maximum absolute atomic E-state index is 8.66. The Bertz CT molecular complexity index is 597. The normalized spacial score (nSPS) is 10.7. The Morgan fingerprint density at radius 1 is 1.20 bits per heavy atom. The Balaban J connectivity index is 2.16. The van der Waals surface area contributed by atoms with E-state index in [1.807, 2.05) is 24.3 Å². The summed E-state index contributed by atoms with van der Waals surface area (Å²) in [5, 5.41) is 11.7. The number of ether oxygens (including phenoxy) is 2. The first-order valence-electron chi connectivity index (χ1n) is 5.95. The van der Waals surface area contributed by atoms with Gasteiger partial charge in [-0.25, -0.2) is 0 Å². The molecule has 5 heteroatoms. The molecule has 0 aromatic heterocycles. The summed E-state index contributed by atoms with van der Waals surface area (Å²) < 4.78 is 11.9. The minimum Gasteiger partial charge on any atom is -0.497 e. The monoisotopic (exact) mass is 335 g/mol. The van der Waals surface area contributed by atoms with Crippen LogP contribution in [0.2, 0.25) is 0 Å². The Kier molecular flexibility index (Phi) is 5.01. The van der Waals surface area contributed by atoms with Crippen LogP contribution in [0.15, 0.2) is 52.1 Å². The second-order valence-corrected chi connectivity index (χ2v) is 4.98. The van der Waals surface area contributed by atoms with Crippen LogP contribution < -0.4 is 9.47 Å². The number of methoxy groups -OCH3 is 1. The van der Waals surface area contributed by atoms with Crippen LogP contribution in [0.5, 0.6) is 11.5 Å². The van der Waals surface area contributed by atoms with Gasteiger partial charge in [-0.15, -0.1) is 0 Å². The van der Waals surface area contributed by atoms with Crippen molar-refractivity contribution in [1.29, 1.82) is 0 Å². The topological polar surface area (TPSA) is 51.0 Å². The van der Waals surface area contributed by atoms with Gasteiger partial charge < -0.3 is 14.7 Å². The van der Waals surface area contributed by atoms with Crippen molar-refractivity contribution in [3.63, 3.8) is 0 Å². The average Bonchev–Trinajstić information content (AvgIpc) is 2.48. The molecule has 0 aliphatic heterocycles. The molecule has 0 saturated carbocycles. The van der Waals surface area contributed by atoms with E-state index in [0.717, 1.165) is 10.0 Å². The van der Waals surface area contributed by atoms with Crippen LogP contribution in [0.3, 0.4) is 0 Å². The lowest BCUT2D eigenvalue weighted by Crippen LogP contribution is -1.99. The molecule has 0 spiro atoms. The summed E-state index contributed by atoms with van der Waals surface area (Å²) in [6.45, 7) is 0.423. The molecular weight excluding hydrogens is 322 g/mol. The Hall–Kier alpha value is -2.01. The number of oxime groups is 1. The Labute approximate surface area is 125 Å². The van der Waals surface area contributed by atoms with Crippen LogP contribution in [-0.2, 0) is 6.61 Å². The summed E-state index contributed by atoms with van der Waals surface area (Å²) >= 11 is 3.39. The molecule has 0 radical (unpaired) electrons. The highest BCUT2D eigenvalue weighted by molar-refractivity contribution is 9.10. The minimum atomic E-state index is 0.423. The maximum Gasteiger partial charge on any atom is 0.132 e. The second-order valence-electron chi connectivity index (χ2n) is 4.06. The lowest BCUT2D eigenvalue weighted by molar-refractivity contribution is 0.301. The number of rotatable bonds is 5. The number of benzene rings is 2. The van der Waals surface area contributed by atoms with Crippen molar-refractivity contribution in [1.82, 2.24) is 0 Å². The van der Waals surface area contributed by atoms with E-state index in [4.69, 9.17) is 14.7 Å². The number of hydrogen-bond donors (Lipinski definition) is 1. The van der Waals surface area contributed by atoms with Crippen LogP contribution >= 0.6 is 15.9 Å². The third-order valence-corrected chi connectivity index (χ3v) is 3.25. The van der Waals surface area contributed by atoms with Crippen molar-refractivity contribution >= 4 is 22.1 Å². The molecular formula is C15H14BrNO3. The largest absolute Gasteiger partial charge is 0.497 e. The van der Waals surface area contributed by atoms with Gasteiger partial charge in [0.15, 0.2) is 0 Å². The van der Waals surface area contributed by atoms with Crippen LogP contribution in [0, 0.1) is 0 Å². The van der Waals surface area contributed by atoms with Gasteiger partial charge in [0, 0.05) is 16.1 Å². The molecule has 0 aliphatic carbocycles. The van der Waals surface area contributed by atoms with E-state index < -0.39 is 0 Å². The van der Waals surface area contributed by atoms with E-state index >= 15 is 0 Å². The van der Waals surface area contributed by atoms with Gasteiger partial charge in [0.05, 0.1) is 13.3 Å². The molecule has 104 valence electrons. The van der Waals surface area contributed by atoms with Crippen molar-refractivity contribution in [2.24, 2.45) is 5.16 Å². The van der Waals surface area contributed by atoms with Gasteiger partial charge in [-0.05, 0) is 29.8 Å². The van der Waals surface area contributed by atoms with Crippen molar-refractivity contribution < 1.29 is 14.7 Å². The molecule has 4 nitrogen and oxygen atoms in total. The maximum atomic E-state index is 8.66. The fourth-order valence-corrected chi connectivity index (χ4v) is 1.94. The Morgan fingerprint density at radius 2 is 1.95 bits per heavy atom. The zero-order valence-corrected chi connectivity index (χ0v) is 12.5. The zero-order chi connectivity index (χ0) is 14.4. The van der Waals surface area contributed by atoms with Gasteiger partial charge in [0.25, 0.3) is 0 Å². The smallest absolute Gasteiger partial charge is 0.132 e. The van der Waals surface area contributed by atoms with Crippen LogP contribution in [0.1, 0.15) is 11.1 Å². The van der Waals surface area contributed by atoms with Gasteiger partial charge in [0.1, 0.15) is 18.1 Å². The molecule has 0 bridgehead atoms. The third-order valence-electron chi connectivity index (χ3n) is 2.73. The molecule has 0 saturated heterocycles. The highest BCUT2D eigenvalue weighted by Crippen LogP contribution is 2.24. The van der Waals surface area contributed by atoms with E-state index in [2.05, 4.69) is 21.1 Å². The predicted molar refractivity (Wildman–Crippen MR) is 80.8 cm³/mol. The molecule has 0 aliphatic rings. The molecule has 0 heterocycles. The number of hydrogen-bond acceptors (Lipinski definition) is 4. The molecule has 0 amide bonds. The van der Waals surface area contributed by atoms with E-state index in [0.29, 0.717) is 23.7 Å². The van der Waals surface area contributed by atoms with Crippen LogP contribution in [0.25, 0.3) is 0 Å². The fourth-order valence-electron chi connectivity index (χ4n) is 1.68. The Morgan fingerprint density at radius 3 is 2.60 bits per heavy atom. The minimum absolute atomic E-state index is 0.423. The van der Waals surface area contributed by atoms with Gasteiger partial charge in [-0.1, -0.05) is 33.2 Å². The SMILES string of the molecule is COc1ccc(/C=N/O)c(OCc2ccc(Br)cc2)c1. The molecule has 0 fully saturated rings. The highest BCUT2D eigenvalue weighted by atomic mass is 79.9. The van der Waals surface area contributed by atoms with Crippen LogP contribution in [-0.4, -0.2) is 18.5 Å². The lowest BCUT2D eigenvalue weighted by Gasteiger charge is -2.10. The first kappa shape index (κ1) is 14.4. The second kappa shape index (κ2) is 6.96. The van der Waals surface area contributed by atoms with E-state index in [1.54, 1.807) is 25.3 Å². The zero-order valence-electron chi connectivity index (χ0n) is 10.9. The molecule has 2 rings (SSSR count). The van der Waals surface area contributed by atoms with Crippen molar-refractivity contribution in [2.45, 2.75) is 6.61 Å². The van der Waals surface area contributed by atoms with Crippen LogP contribution in [0.4, 0.5) is 0 Å². The standard InChI is InChI=1S/C15H14BrNO3/c1-19-14-7-4-12(9-17-18)15(8-14)20-10-11-2-5-13(16)6-3-11/h2-9,18H,10H2,1H3/b17-9+. The average molecular weight is 336 g/mol. The van der Waals surface area contributed by atoms with Crippen molar-refractivity contribution in [2.75, 3.05) is 7.11 Å². The van der Waals surface area contributed by atoms with E-state index in [-0.39, 0.29) is 0 Å². The van der Waals surface area contributed by atoms with Crippen molar-refractivity contribution in [3.8, 4) is 11.5 Å². The quantitative estimate of drug-likeness (QED) is 0.513. The summed E-state index contributed by atoms with van der Waals surface area (Å²) in [5.41, 5.74) is 1.73. The molecule has 2 aromatic rings. The summed E-state index contributed by atoms with van der Waals surface area (Å²) in [6.07, 6.45) is 1.33. The van der Waals surface area contributed by atoms with Gasteiger partial charge in [-0.2, -0.15) is 0 Å². The van der Waals surface area contributed by atoms with E-state index in [9.17, 15) is 0 Å². The molecule has 2 aromatic carbocycles. The first-order valence-corrected chi connectivity index (χ1v) is 6.75. The number of nitrogens with zero attached hydrogens (tertiary/aromatic N) is 1. The van der Waals surface area contributed by atoms with Gasteiger partial charge in [-0.3, -0.25) is 0 Å². The summed E-state index contributed by atoms with van der Waals surface area (Å²) in [6, 6.07) is 13.2. The number of halogens is 1. The summed E-state index contributed by atoms with van der Waals surface area (Å²) in [5.74, 6) is 1.29. The summed E-state index contributed by atoms with van der Waals surface area (Å²) in [4.78, 5) is 0.